The maximum atomic E-state index is 12.7. The molecule has 0 bridgehead atoms. The smallest absolute Gasteiger partial charge is 0.220 e. The first-order valence-electron chi connectivity index (χ1n) is 15.7. The maximum Gasteiger partial charge on any atom is 0.220 e. The van der Waals surface area contributed by atoms with E-state index in [2.05, 4.69) is 56.0 Å². The van der Waals surface area contributed by atoms with Crippen molar-refractivity contribution in [1.29, 1.82) is 0 Å². The van der Waals surface area contributed by atoms with Gasteiger partial charge in [0.05, 0.1) is 6.33 Å². The van der Waals surface area contributed by atoms with Gasteiger partial charge >= 0.3 is 0 Å². The van der Waals surface area contributed by atoms with Crippen LogP contribution in [0.4, 0.5) is 0 Å². The number of H-pyrrole nitrogens is 1. The van der Waals surface area contributed by atoms with E-state index in [1.54, 1.807) is 11.9 Å². The van der Waals surface area contributed by atoms with Gasteiger partial charge in [-0.3, -0.25) is 4.79 Å². The molecule has 0 radical (unpaired) electrons. The normalized spacial score (nSPS) is 37.9. The molecule has 0 aromatic carbocycles. The Balaban J connectivity index is 1.20. The lowest BCUT2D eigenvalue weighted by Gasteiger charge is -2.58. The van der Waals surface area contributed by atoms with Crippen LogP contribution in [0.1, 0.15) is 117 Å². The van der Waals surface area contributed by atoms with E-state index in [-0.39, 0.29) is 5.91 Å². The number of nitrogens with zero attached hydrogens (tertiary/aromatic N) is 1. The molecule has 4 aliphatic carbocycles. The molecule has 4 aliphatic rings. The van der Waals surface area contributed by atoms with Crippen molar-refractivity contribution in [3.05, 3.63) is 29.9 Å². The fourth-order valence-corrected chi connectivity index (χ4v) is 9.78. The van der Waals surface area contributed by atoms with E-state index in [0.29, 0.717) is 23.3 Å². The Labute approximate surface area is 226 Å². The van der Waals surface area contributed by atoms with Gasteiger partial charge in [0.15, 0.2) is 0 Å². The second-order valence-electron chi connectivity index (χ2n) is 14.4. The van der Waals surface area contributed by atoms with Crippen molar-refractivity contribution in [2.75, 3.05) is 0 Å². The Morgan fingerprint density at radius 3 is 2.70 bits per heavy atom. The average Bonchev–Trinajstić information content (AvgIpc) is 3.50. The van der Waals surface area contributed by atoms with Gasteiger partial charge in [-0.25, -0.2) is 4.98 Å². The van der Waals surface area contributed by atoms with Crippen LogP contribution in [-0.4, -0.2) is 21.9 Å². The van der Waals surface area contributed by atoms with Crippen molar-refractivity contribution in [2.45, 2.75) is 124 Å². The molecule has 4 heteroatoms. The minimum atomic E-state index is 0.186. The van der Waals surface area contributed by atoms with Crippen molar-refractivity contribution >= 4 is 5.91 Å². The van der Waals surface area contributed by atoms with Crippen LogP contribution in [0.25, 0.3) is 0 Å². The zero-order valence-electron chi connectivity index (χ0n) is 24.3. The van der Waals surface area contributed by atoms with E-state index in [4.69, 9.17) is 0 Å². The van der Waals surface area contributed by atoms with E-state index >= 15 is 0 Å². The summed E-state index contributed by atoms with van der Waals surface area (Å²) in [6.45, 7) is 12.6. The molecule has 8 atom stereocenters. The highest BCUT2D eigenvalue weighted by Gasteiger charge is 2.59. The largest absolute Gasteiger partial charge is 0.353 e. The summed E-state index contributed by atoms with van der Waals surface area (Å²) in [5, 5.41) is 3.37. The molecular weight excluding hydrogens is 454 g/mol. The Bertz CT molecular complexity index is 951. The predicted molar refractivity (Wildman–Crippen MR) is 152 cm³/mol. The van der Waals surface area contributed by atoms with E-state index < -0.39 is 0 Å². The number of hydrogen-bond donors (Lipinski definition) is 2. The highest BCUT2D eigenvalue weighted by molar-refractivity contribution is 5.76. The number of allylic oxidation sites excluding steroid dienone is 1. The van der Waals surface area contributed by atoms with Gasteiger partial charge in [0.1, 0.15) is 0 Å². The molecule has 5 rings (SSSR count). The van der Waals surface area contributed by atoms with Gasteiger partial charge in [-0.15, -0.1) is 0 Å². The molecule has 1 aromatic heterocycles. The van der Waals surface area contributed by atoms with Crippen LogP contribution in [0, 0.1) is 46.3 Å². The molecule has 0 spiro atoms. The third-order valence-electron chi connectivity index (χ3n) is 11.8. The molecule has 37 heavy (non-hydrogen) atoms. The molecule has 4 nitrogen and oxygen atoms in total. The number of amides is 1. The van der Waals surface area contributed by atoms with Crippen molar-refractivity contribution in [1.82, 2.24) is 15.3 Å². The van der Waals surface area contributed by atoms with Crippen LogP contribution in [0.3, 0.4) is 0 Å². The number of fused-ring (bicyclic) bond motifs is 5. The first-order chi connectivity index (χ1) is 17.7. The lowest BCUT2D eigenvalue weighted by atomic mass is 9.47. The molecule has 1 aromatic rings. The van der Waals surface area contributed by atoms with Gasteiger partial charge in [-0.05, 0) is 104 Å². The fraction of sp³-hybridized carbons (Fsp3) is 0.818. The molecule has 206 valence electrons. The zero-order chi connectivity index (χ0) is 26.2. The molecule has 0 saturated heterocycles. The van der Waals surface area contributed by atoms with Gasteiger partial charge in [-0.1, -0.05) is 65.5 Å². The SMILES string of the molecule is CC(C)CCCC(C)C1CCC2C3CC=C4CC(NC(=O)CCc5cnc[nH]5)CCC4(C)C3CCC12C. The van der Waals surface area contributed by atoms with Gasteiger partial charge in [-0.2, -0.15) is 0 Å². The third-order valence-corrected chi connectivity index (χ3v) is 11.8. The molecule has 8 unspecified atom stereocenters. The number of aromatic nitrogens is 2. The number of hydrogen-bond acceptors (Lipinski definition) is 2. The number of imidazole rings is 1. The second kappa shape index (κ2) is 10.9. The van der Waals surface area contributed by atoms with Crippen LogP contribution in [0.15, 0.2) is 24.2 Å². The highest BCUT2D eigenvalue weighted by Crippen LogP contribution is 2.67. The first-order valence-corrected chi connectivity index (χ1v) is 15.7. The Morgan fingerprint density at radius 1 is 1.11 bits per heavy atom. The Hall–Kier alpha value is -1.58. The first kappa shape index (κ1) is 27.0. The average molecular weight is 508 g/mol. The van der Waals surface area contributed by atoms with Gasteiger partial charge in [0.2, 0.25) is 5.91 Å². The Morgan fingerprint density at radius 2 is 1.95 bits per heavy atom. The lowest BCUT2D eigenvalue weighted by Crippen LogP contribution is -2.52. The molecule has 2 N–H and O–H groups in total. The number of rotatable bonds is 9. The van der Waals surface area contributed by atoms with Crippen LogP contribution in [0.5, 0.6) is 0 Å². The van der Waals surface area contributed by atoms with E-state index in [0.717, 1.165) is 60.5 Å². The topological polar surface area (TPSA) is 57.8 Å². The van der Waals surface area contributed by atoms with Crippen molar-refractivity contribution in [3.8, 4) is 0 Å². The minimum absolute atomic E-state index is 0.186. The number of nitrogens with one attached hydrogen (secondary N) is 2. The molecular formula is C33H53N3O. The third kappa shape index (κ3) is 5.33. The van der Waals surface area contributed by atoms with Crippen LogP contribution >= 0.6 is 0 Å². The van der Waals surface area contributed by atoms with Gasteiger partial charge < -0.3 is 10.3 Å². The highest BCUT2D eigenvalue weighted by atomic mass is 16.1. The van der Waals surface area contributed by atoms with Crippen molar-refractivity contribution < 1.29 is 4.79 Å². The monoisotopic (exact) mass is 507 g/mol. The summed E-state index contributed by atoms with van der Waals surface area (Å²) in [4.78, 5) is 19.8. The summed E-state index contributed by atoms with van der Waals surface area (Å²) in [5.41, 5.74) is 3.61. The summed E-state index contributed by atoms with van der Waals surface area (Å²) in [7, 11) is 0. The summed E-state index contributed by atoms with van der Waals surface area (Å²) < 4.78 is 0. The maximum absolute atomic E-state index is 12.7. The summed E-state index contributed by atoms with van der Waals surface area (Å²) in [5.74, 6) is 5.46. The zero-order valence-corrected chi connectivity index (χ0v) is 24.3. The van der Waals surface area contributed by atoms with Crippen molar-refractivity contribution in [3.63, 3.8) is 0 Å². The molecule has 3 saturated carbocycles. The number of aromatic amines is 1. The molecule has 0 aliphatic heterocycles. The lowest BCUT2D eigenvalue weighted by molar-refractivity contribution is -0.122. The van der Waals surface area contributed by atoms with E-state index in [9.17, 15) is 4.79 Å². The summed E-state index contributed by atoms with van der Waals surface area (Å²) in [6.07, 6.45) is 22.2. The van der Waals surface area contributed by atoms with Crippen LogP contribution < -0.4 is 5.32 Å². The number of carbonyl (C=O) groups is 1. The quantitative estimate of drug-likeness (QED) is 0.334. The number of carbonyl (C=O) groups excluding carboxylic acids is 1. The van der Waals surface area contributed by atoms with E-state index in [1.165, 1.54) is 57.8 Å². The van der Waals surface area contributed by atoms with Crippen LogP contribution in [0.2, 0.25) is 0 Å². The summed E-state index contributed by atoms with van der Waals surface area (Å²) >= 11 is 0. The molecule has 1 amide bonds. The number of aryl methyl sites for hydroxylation is 1. The second-order valence-corrected chi connectivity index (χ2v) is 14.4. The predicted octanol–water partition coefficient (Wildman–Crippen LogP) is 7.87. The minimum Gasteiger partial charge on any atom is -0.353 e. The van der Waals surface area contributed by atoms with Gasteiger partial charge in [0.25, 0.3) is 0 Å². The molecule has 3 fully saturated rings. The fourth-order valence-electron chi connectivity index (χ4n) is 9.78. The van der Waals surface area contributed by atoms with Crippen LogP contribution in [-0.2, 0) is 11.2 Å². The van der Waals surface area contributed by atoms with Gasteiger partial charge in [0, 0.05) is 24.4 Å². The standard InChI is InChI=1S/C33H53N3O/c1-22(2)7-6-8-23(3)28-12-13-29-27-11-9-24-19-25(36-31(37)14-10-26-20-34-21-35-26)15-17-32(24,4)30(27)16-18-33(28,29)5/h9,20-23,25,27-30H,6-8,10-19H2,1-5H3,(H,34,35)(H,36,37). The molecule has 1 heterocycles. The Kier molecular flexibility index (Phi) is 7.95. The van der Waals surface area contributed by atoms with Crippen molar-refractivity contribution in [2.24, 2.45) is 46.3 Å². The van der Waals surface area contributed by atoms with E-state index in [1.807, 2.05) is 6.20 Å². The summed E-state index contributed by atoms with van der Waals surface area (Å²) in [6, 6.07) is 0.307.